The molecule has 2 aromatic carbocycles. The molecule has 2 rings (SSSR count). The molecule has 0 radical (unpaired) electrons. The summed E-state index contributed by atoms with van der Waals surface area (Å²) >= 11 is 5.03. The molecule has 26 heavy (non-hydrogen) atoms. The van der Waals surface area contributed by atoms with Gasteiger partial charge >= 0.3 is 0 Å². The van der Waals surface area contributed by atoms with Gasteiger partial charge in [0, 0.05) is 6.08 Å². The molecule has 2 N–H and O–H groups in total. The SMILES string of the molecule is COc1ccc(C=CC(=O)NC(=S)Nc2ccc(C)cc2F)cc1OC. The Labute approximate surface area is 156 Å². The van der Waals surface area contributed by atoms with Crippen molar-refractivity contribution in [2.45, 2.75) is 6.92 Å². The predicted octanol–water partition coefficient (Wildman–Crippen LogP) is 3.68. The lowest BCUT2D eigenvalue weighted by Crippen LogP contribution is -2.33. The van der Waals surface area contributed by atoms with E-state index < -0.39 is 11.7 Å². The Morgan fingerprint density at radius 1 is 1.12 bits per heavy atom. The third kappa shape index (κ3) is 5.29. The summed E-state index contributed by atoms with van der Waals surface area (Å²) in [5.41, 5.74) is 1.74. The number of halogens is 1. The number of methoxy groups -OCH3 is 2. The first-order valence-corrected chi connectivity index (χ1v) is 8.12. The summed E-state index contributed by atoms with van der Waals surface area (Å²) in [6.07, 6.45) is 2.92. The monoisotopic (exact) mass is 374 g/mol. The number of aryl methyl sites for hydroxylation is 1. The van der Waals surface area contributed by atoms with Crippen LogP contribution in [0.5, 0.6) is 11.5 Å². The standard InChI is InChI=1S/C19H19FN2O3S/c1-12-4-7-15(14(20)10-12)21-19(26)22-18(23)9-6-13-5-8-16(24-2)17(11-13)25-3/h4-11H,1-3H3,(H2,21,22,23,26). The average molecular weight is 374 g/mol. The molecule has 0 saturated heterocycles. The largest absolute Gasteiger partial charge is 0.493 e. The van der Waals surface area contributed by atoms with Gasteiger partial charge in [0.05, 0.1) is 19.9 Å². The van der Waals surface area contributed by atoms with Crippen molar-refractivity contribution in [1.82, 2.24) is 5.32 Å². The second kappa shape index (κ2) is 8.96. The zero-order chi connectivity index (χ0) is 19.1. The zero-order valence-electron chi connectivity index (χ0n) is 14.6. The number of nitrogens with one attached hydrogen (secondary N) is 2. The van der Waals surface area contributed by atoms with Crippen LogP contribution < -0.4 is 20.1 Å². The van der Waals surface area contributed by atoms with E-state index in [-0.39, 0.29) is 10.8 Å². The highest BCUT2D eigenvalue weighted by Gasteiger charge is 2.07. The lowest BCUT2D eigenvalue weighted by molar-refractivity contribution is -0.115. The number of carbonyl (C=O) groups excluding carboxylic acids is 1. The fraction of sp³-hybridized carbons (Fsp3) is 0.158. The molecule has 0 bridgehead atoms. The molecule has 1 amide bonds. The van der Waals surface area contributed by atoms with E-state index in [1.165, 1.54) is 19.3 Å². The van der Waals surface area contributed by atoms with Gasteiger partial charge in [-0.3, -0.25) is 10.1 Å². The van der Waals surface area contributed by atoms with Gasteiger partial charge in [-0.2, -0.15) is 0 Å². The van der Waals surface area contributed by atoms with Crippen molar-refractivity contribution in [2.24, 2.45) is 0 Å². The van der Waals surface area contributed by atoms with E-state index in [1.54, 1.807) is 50.4 Å². The molecule has 0 atom stereocenters. The van der Waals surface area contributed by atoms with Gasteiger partial charge in [-0.05, 0) is 60.6 Å². The van der Waals surface area contributed by atoms with Gasteiger partial charge in [0.2, 0.25) is 5.91 Å². The first kappa shape index (κ1) is 19.4. The average Bonchev–Trinajstić information content (AvgIpc) is 2.62. The Morgan fingerprint density at radius 2 is 1.85 bits per heavy atom. The van der Waals surface area contributed by atoms with E-state index in [0.29, 0.717) is 11.5 Å². The van der Waals surface area contributed by atoms with E-state index in [9.17, 15) is 9.18 Å². The second-order valence-electron chi connectivity index (χ2n) is 5.37. The molecular formula is C19H19FN2O3S. The van der Waals surface area contributed by atoms with E-state index >= 15 is 0 Å². The predicted molar refractivity (Wildman–Crippen MR) is 104 cm³/mol. The second-order valence-corrected chi connectivity index (χ2v) is 5.78. The normalized spacial score (nSPS) is 10.5. The minimum absolute atomic E-state index is 0.00899. The molecule has 0 saturated carbocycles. The molecule has 2 aromatic rings. The highest BCUT2D eigenvalue weighted by molar-refractivity contribution is 7.80. The number of ether oxygens (including phenoxy) is 2. The van der Waals surface area contributed by atoms with Crippen molar-refractivity contribution in [3.05, 3.63) is 59.4 Å². The Bertz CT molecular complexity index is 853. The van der Waals surface area contributed by atoms with Crippen LogP contribution in [0.1, 0.15) is 11.1 Å². The number of carbonyl (C=O) groups is 1. The molecule has 0 heterocycles. The highest BCUT2D eigenvalue weighted by Crippen LogP contribution is 2.27. The molecule has 0 fully saturated rings. The van der Waals surface area contributed by atoms with Gasteiger partial charge in [-0.1, -0.05) is 12.1 Å². The third-order valence-electron chi connectivity index (χ3n) is 3.44. The quantitative estimate of drug-likeness (QED) is 0.618. The number of benzene rings is 2. The summed E-state index contributed by atoms with van der Waals surface area (Å²) in [5, 5.41) is 5.13. The van der Waals surface area contributed by atoms with Crippen LogP contribution in [0.25, 0.3) is 6.08 Å². The molecule has 0 aromatic heterocycles. The van der Waals surface area contributed by atoms with E-state index in [0.717, 1.165) is 11.1 Å². The lowest BCUT2D eigenvalue weighted by Gasteiger charge is -2.09. The molecule has 136 valence electrons. The summed E-state index contributed by atoms with van der Waals surface area (Å²) in [4.78, 5) is 12.0. The van der Waals surface area contributed by atoms with Crippen LogP contribution in [0.3, 0.4) is 0 Å². The summed E-state index contributed by atoms with van der Waals surface area (Å²) in [7, 11) is 3.08. The summed E-state index contributed by atoms with van der Waals surface area (Å²) < 4.78 is 24.1. The molecule has 0 unspecified atom stereocenters. The Balaban J connectivity index is 1.97. The van der Waals surface area contributed by atoms with Gasteiger partial charge < -0.3 is 14.8 Å². The molecule has 0 spiro atoms. The van der Waals surface area contributed by atoms with E-state index in [4.69, 9.17) is 21.7 Å². The van der Waals surface area contributed by atoms with Crippen molar-refractivity contribution in [1.29, 1.82) is 0 Å². The number of amides is 1. The van der Waals surface area contributed by atoms with Gasteiger partial charge in [-0.25, -0.2) is 4.39 Å². The van der Waals surface area contributed by atoms with Crippen LogP contribution in [-0.2, 0) is 4.79 Å². The van der Waals surface area contributed by atoms with Crippen molar-refractivity contribution in [2.75, 3.05) is 19.5 Å². The van der Waals surface area contributed by atoms with Gasteiger partial charge in [0.1, 0.15) is 5.82 Å². The third-order valence-corrected chi connectivity index (χ3v) is 3.65. The van der Waals surface area contributed by atoms with Crippen LogP contribution >= 0.6 is 12.2 Å². The highest BCUT2D eigenvalue weighted by atomic mass is 32.1. The summed E-state index contributed by atoms with van der Waals surface area (Å²) in [6.45, 7) is 1.78. The van der Waals surface area contributed by atoms with Crippen LogP contribution in [0.15, 0.2) is 42.5 Å². The van der Waals surface area contributed by atoms with Crippen LogP contribution in [0.2, 0.25) is 0 Å². The number of thiocarbonyl (C=S) groups is 1. The smallest absolute Gasteiger partial charge is 0.250 e. The number of hydrogen-bond donors (Lipinski definition) is 2. The molecule has 0 aliphatic carbocycles. The molecule has 7 heteroatoms. The fourth-order valence-corrected chi connectivity index (χ4v) is 2.37. The maximum Gasteiger partial charge on any atom is 0.250 e. The zero-order valence-corrected chi connectivity index (χ0v) is 15.4. The molecule has 0 aliphatic rings. The number of hydrogen-bond acceptors (Lipinski definition) is 4. The summed E-state index contributed by atoms with van der Waals surface area (Å²) in [5.74, 6) is 0.272. The van der Waals surface area contributed by atoms with Gasteiger partial charge in [0.15, 0.2) is 16.6 Å². The summed E-state index contributed by atoms with van der Waals surface area (Å²) in [6, 6.07) is 9.94. The molecule has 0 aliphatic heterocycles. The number of rotatable bonds is 5. The minimum atomic E-state index is -0.442. The lowest BCUT2D eigenvalue weighted by atomic mass is 10.2. The minimum Gasteiger partial charge on any atom is -0.493 e. The molecular weight excluding hydrogens is 355 g/mol. The van der Waals surface area contributed by atoms with Crippen molar-refractivity contribution in [3.8, 4) is 11.5 Å². The fourth-order valence-electron chi connectivity index (χ4n) is 2.16. The van der Waals surface area contributed by atoms with Crippen molar-refractivity contribution >= 4 is 35.0 Å². The van der Waals surface area contributed by atoms with Gasteiger partial charge in [0.25, 0.3) is 0 Å². The van der Waals surface area contributed by atoms with Crippen molar-refractivity contribution < 1.29 is 18.7 Å². The Hall–Kier alpha value is -2.93. The van der Waals surface area contributed by atoms with Crippen molar-refractivity contribution in [3.63, 3.8) is 0 Å². The van der Waals surface area contributed by atoms with Gasteiger partial charge in [-0.15, -0.1) is 0 Å². The van der Waals surface area contributed by atoms with Crippen LogP contribution in [-0.4, -0.2) is 25.2 Å². The maximum atomic E-state index is 13.8. The van der Waals surface area contributed by atoms with Crippen LogP contribution in [0.4, 0.5) is 10.1 Å². The Kier molecular flexibility index (Phi) is 6.68. The molecule has 5 nitrogen and oxygen atoms in total. The topological polar surface area (TPSA) is 59.6 Å². The Morgan fingerprint density at radius 3 is 2.50 bits per heavy atom. The van der Waals surface area contributed by atoms with E-state index in [2.05, 4.69) is 10.6 Å². The first-order valence-electron chi connectivity index (χ1n) is 7.71. The van der Waals surface area contributed by atoms with E-state index in [1.807, 2.05) is 0 Å². The first-order chi connectivity index (χ1) is 12.4. The van der Waals surface area contributed by atoms with Crippen LogP contribution in [0, 0.1) is 12.7 Å². The number of anilines is 1. The maximum absolute atomic E-state index is 13.8.